The minimum absolute atomic E-state index is 0.0734. The van der Waals surface area contributed by atoms with Gasteiger partial charge in [0.2, 0.25) is 0 Å². The lowest BCUT2D eigenvalue weighted by molar-refractivity contribution is -0.385. The monoisotopic (exact) mass is 380 g/mol. The lowest BCUT2D eigenvalue weighted by atomic mass is 10.1. The maximum atomic E-state index is 12.7. The van der Waals surface area contributed by atoms with Crippen LogP contribution in [0.2, 0.25) is 0 Å². The maximum absolute atomic E-state index is 12.7. The Morgan fingerprint density at radius 1 is 1.15 bits per heavy atom. The zero-order valence-corrected chi connectivity index (χ0v) is 14.8. The summed E-state index contributed by atoms with van der Waals surface area (Å²) in [6.45, 7) is 1.57. The normalized spacial score (nSPS) is 11.0. The molecule has 134 valence electrons. The predicted molar refractivity (Wildman–Crippen MR) is 104 cm³/mol. The van der Waals surface area contributed by atoms with E-state index in [0.717, 1.165) is 5.39 Å². The molecule has 0 spiro atoms. The van der Waals surface area contributed by atoms with Crippen LogP contribution in [0.1, 0.15) is 15.2 Å². The predicted octanol–water partition coefficient (Wildman–Crippen LogP) is 4.48. The summed E-state index contributed by atoms with van der Waals surface area (Å²) in [4.78, 5) is 35.7. The number of hydrogen-bond acceptors (Lipinski definition) is 6. The van der Waals surface area contributed by atoms with Crippen LogP contribution >= 0.6 is 11.3 Å². The summed E-state index contributed by atoms with van der Waals surface area (Å²) < 4.78 is 5.96. The lowest BCUT2D eigenvalue weighted by Gasteiger charge is -2.07. The average molecular weight is 380 g/mol. The third kappa shape index (κ3) is 2.85. The summed E-state index contributed by atoms with van der Waals surface area (Å²) in [6.07, 6.45) is 0. The van der Waals surface area contributed by atoms with E-state index in [1.54, 1.807) is 25.1 Å². The Kier molecular flexibility index (Phi) is 3.97. The second kappa shape index (κ2) is 6.33. The first-order valence-corrected chi connectivity index (χ1v) is 8.78. The Hall–Kier alpha value is -3.52. The number of nitrogens with zero attached hydrogens (tertiary/aromatic N) is 1. The molecule has 0 radical (unpaired) electrons. The van der Waals surface area contributed by atoms with Crippen LogP contribution in [0.3, 0.4) is 0 Å². The minimum atomic E-state index is -0.509. The standard InChI is InChI=1S/C19H12N2O5S/c1-10-13(6-4-7-14(10)21(24)25)20-18(22)16-9-12-17(27-16)11-5-2-3-8-15(11)26-19(12)23/h2-9H,1H3,(H,20,22). The number of carbonyl (C=O) groups is 1. The highest BCUT2D eigenvalue weighted by Crippen LogP contribution is 2.31. The van der Waals surface area contributed by atoms with E-state index in [9.17, 15) is 19.7 Å². The van der Waals surface area contributed by atoms with Crippen molar-refractivity contribution < 1.29 is 14.1 Å². The molecule has 8 heteroatoms. The van der Waals surface area contributed by atoms with Gasteiger partial charge in [0, 0.05) is 11.5 Å². The van der Waals surface area contributed by atoms with Gasteiger partial charge in [-0.25, -0.2) is 4.79 Å². The zero-order valence-electron chi connectivity index (χ0n) is 14.0. The van der Waals surface area contributed by atoms with E-state index in [1.807, 2.05) is 12.1 Å². The van der Waals surface area contributed by atoms with Crippen molar-refractivity contribution in [3.05, 3.63) is 79.5 Å². The third-order valence-electron chi connectivity index (χ3n) is 4.26. The molecule has 0 fully saturated rings. The molecule has 0 unspecified atom stereocenters. The van der Waals surface area contributed by atoms with Crippen LogP contribution in [0.15, 0.2) is 57.7 Å². The van der Waals surface area contributed by atoms with Crippen LogP contribution in [0.4, 0.5) is 11.4 Å². The minimum Gasteiger partial charge on any atom is -0.422 e. The van der Waals surface area contributed by atoms with Crippen LogP contribution in [-0.4, -0.2) is 10.8 Å². The van der Waals surface area contributed by atoms with Crippen LogP contribution in [0.5, 0.6) is 0 Å². The van der Waals surface area contributed by atoms with Crippen molar-refractivity contribution in [2.24, 2.45) is 0 Å². The second-order valence-corrected chi connectivity index (χ2v) is 6.95. The Balaban J connectivity index is 1.77. The van der Waals surface area contributed by atoms with Gasteiger partial charge in [-0.15, -0.1) is 11.3 Å². The molecule has 0 saturated carbocycles. The number of fused-ring (bicyclic) bond motifs is 3. The van der Waals surface area contributed by atoms with E-state index in [1.165, 1.54) is 29.5 Å². The van der Waals surface area contributed by atoms with Gasteiger partial charge in [0.05, 0.1) is 31.1 Å². The van der Waals surface area contributed by atoms with Crippen molar-refractivity contribution in [1.82, 2.24) is 0 Å². The molecule has 7 nitrogen and oxygen atoms in total. The highest BCUT2D eigenvalue weighted by Gasteiger charge is 2.19. The van der Waals surface area contributed by atoms with Gasteiger partial charge in [0.25, 0.3) is 11.6 Å². The smallest absolute Gasteiger partial charge is 0.345 e. The number of amides is 1. The summed E-state index contributed by atoms with van der Waals surface area (Å²) in [5, 5.41) is 14.8. The number of carbonyl (C=O) groups excluding carboxylic acids is 1. The van der Waals surface area contributed by atoms with Crippen LogP contribution in [-0.2, 0) is 0 Å². The van der Waals surface area contributed by atoms with Crippen molar-refractivity contribution in [3.63, 3.8) is 0 Å². The summed E-state index contributed by atoms with van der Waals surface area (Å²) in [6, 6.07) is 13.1. The van der Waals surface area contributed by atoms with Crippen molar-refractivity contribution in [2.45, 2.75) is 6.92 Å². The molecular formula is C19H12N2O5S. The second-order valence-electron chi connectivity index (χ2n) is 5.90. The first-order chi connectivity index (χ1) is 13.0. The molecule has 1 N–H and O–H groups in total. The molecule has 0 aliphatic rings. The molecule has 2 aromatic carbocycles. The van der Waals surface area contributed by atoms with Gasteiger partial charge in [-0.2, -0.15) is 0 Å². The highest BCUT2D eigenvalue weighted by atomic mass is 32.1. The van der Waals surface area contributed by atoms with E-state index < -0.39 is 16.5 Å². The number of anilines is 1. The topological polar surface area (TPSA) is 102 Å². The molecular weight excluding hydrogens is 368 g/mol. The van der Waals surface area contributed by atoms with E-state index in [0.29, 0.717) is 31.8 Å². The Morgan fingerprint density at radius 3 is 2.70 bits per heavy atom. The molecule has 4 aromatic rings. The number of thiophene rings is 1. The molecule has 0 aliphatic carbocycles. The molecule has 0 bridgehead atoms. The van der Waals surface area contributed by atoms with Crippen molar-refractivity contribution in [2.75, 3.05) is 5.32 Å². The van der Waals surface area contributed by atoms with Gasteiger partial charge < -0.3 is 9.73 Å². The maximum Gasteiger partial charge on any atom is 0.345 e. The largest absolute Gasteiger partial charge is 0.422 e. The Labute approximate surface area is 156 Å². The van der Waals surface area contributed by atoms with E-state index >= 15 is 0 Å². The molecule has 0 saturated heterocycles. The molecule has 2 aromatic heterocycles. The van der Waals surface area contributed by atoms with E-state index in [-0.39, 0.29) is 5.69 Å². The molecule has 27 heavy (non-hydrogen) atoms. The number of nitro groups is 1. The van der Waals surface area contributed by atoms with Crippen LogP contribution in [0.25, 0.3) is 21.1 Å². The third-order valence-corrected chi connectivity index (χ3v) is 5.43. The zero-order chi connectivity index (χ0) is 19.1. The lowest BCUT2D eigenvalue weighted by Crippen LogP contribution is -2.11. The van der Waals surface area contributed by atoms with Gasteiger partial charge in [-0.3, -0.25) is 14.9 Å². The average Bonchev–Trinajstić information content (AvgIpc) is 3.10. The summed E-state index contributed by atoms with van der Waals surface area (Å²) >= 11 is 1.18. The molecule has 1 amide bonds. The first kappa shape index (κ1) is 16.9. The van der Waals surface area contributed by atoms with Crippen molar-refractivity contribution >= 4 is 49.7 Å². The Bertz CT molecular complexity index is 1290. The van der Waals surface area contributed by atoms with Crippen LogP contribution < -0.4 is 10.9 Å². The van der Waals surface area contributed by atoms with Crippen LogP contribution in [0, 0.1) is 17.0 Å². The van der Waals surface area contributed by atoms with Crippen molar-refractivity contribution in [1.29, 1.82) is 0 Å². The molecule has 0 atom stereocenters. The van der Waals surface area contributed by atoms with E-state index in [4.69, 9.17) is 4.42 Å². The number of hydrogen-bond donors (Lipinski definition) is 1. The number of benzene rings is 2. The molecule has 2 heterocycles. The van der Waals surface area contributed by atoms with E-state index in [2.05, 4.69) is 5.32 Å². The van der Waals surface area contributed by atoms with Gasteiger partial charge in [-0.05, 0) is 31.2 Å². The fraction of sp³-hybridized carbons (Fsp3) is 0.0526. The summed E-state index contributed by atoms with van der Waals surface area (Å²) in [5.74, 6) is -0.441. The molecule has 4 rings (SSSR count). The fourth-order valence-corrected chi connectivity index (χ4v) is 3.96. The summed E-state index contributed by atoms with van der Waals surface area (Å²) in [7, 11) is 0. The first-order valence-electron chi connectivity index (χ1n) is 7.96. The number of para-hydroxylation sites is 1. The number of nitro benzene ring substituents is 1. The SMILES string of the molecule is Cc1c(NC(=O)c2cc3c(=O)oc4ccccc4c3s2)cccc1[N+](=O)[O-]. The Morgan fingerprint density at radius 2 is 1.93 bits per heavy atom. The quantitative estimate of drug-likeness (QED) is 0.321. The number of nitrogens with one attached hydrogen (secondary N) is 1. The number of rotatable bonds is 3. The molecule has 0 aliphatic heterocycles. The fourth-order valence-electron chi connectivity index (χ4n) is 2.89. The highest BCUT2D eigenvalue weighted by molar-refractivity contribution is 7.21. The van der Waals surface area contributed by atoms with Gasteiger partial charge in [-0.1, -0.05) is 18.2 Å². The summed E-state index contributed by atoms with van der Waals surface area (Å²) in [5.41, 5.74) is 0.588. The van der Waals surface area contributed by atoms with Crippen molar-refractivity contribution in [3.8, 4) is 0 Å². The van der Waals surface area contributed by atoms with Gasteiger partial charge >= 0.3 is 5.63 Å². The van der Waals surface area contributed by atoms with Gasteiger partial charge in [0.15, 0.2) is 0 Å². The van der Waals surface area contributed by atoms with Gasteiger partial charge in [0.1, 0.15) is 5.58 Å².